The highest BCUT2D eigenvalue weighted by molar-refractivity contribution is 6.04. The fourth-order valence-corrected chi connectivity index (χ4v) is 2.62. The summed E-state index contributed by atoms with van der Waals surface area (Å²) < 4.78 is 4.97. The SMILES string of the molecule is NC(=O)c1ccccc1NC(=O)COC(=O)c1ccc2ccccc2c1O. The van der Waals surface area contributed by atoms with E-state index in [0.717, 1.165) is 5.39 Å². The first-order valence-electron chi connectivity index (χ1n) is 8.04. The standard InChI is InChI=1S/C20H16N2O5/c21-19(25)14-7-3-4-8-16(14)22-17(23)11-27-20(26)15-10-9-12-5-1-2-6-13(12)18(15)24/h1-10,24H,11H2,(H2,21,25)(H,22,23). The smallest absolute Gasteiger partial charge is 0.342 e. The minimum atomic E-state index is -0.836. The maximum atomic E-state index is 12.2. The fraction of sp³-hybridized carbons (Fsp3) is 0.0500. The minimum Gasteiger partial charge on any atom is -0.506 e. The number of amides is 2. The van der Waals surface area contributed by atoms with E-state index in [0.29, 0.717) is 5.39 Å². The van der Waals surface area contributed by atoms with Crippen LogP contribution >= 0.6 is 0 Å². The lowest BCUT2D eigenvalue weighted by Gasteiger charge is -2.10. The Morgan fingerprint density at radius 3 is 2.41 bits per heavy atom. The highest BCUT2D eigenvalue weighted by Crippen LogP contribution is 2.29. The molecule has 0 radical (unpaired) electrons. The number of rotatable bonds is 5. The number of hydrogen-bond acceptors (Lipinski definition) is 5. The molecule has 0 saturated carbocycles. The van der Waals surface area contributed by atoms with Crippen LogP contribution in [0, 0.1) is 0 Å². The molecule has 136 valence electrons. The molecule has 0 aliphatic heterocycles. The van der Waals surface area contributed by atoms with Crippen molar-refractivity contribution in [2.75, 3.05) is 11.9 Å². The third-order valence-electron chi connectivity index (χ3n) is 3.92. The van der Waals surface area contributed by atoms with E-state index in [4.69, 9.17) is 10.5 Å². The molecule has 0 bridgehead atoms. The number of para-hydroxylation sites is 1. The molecule has 0 atom stereocenters. The van der Waals surface area contributed by atoms with Gasteiger partial charge in [0.25, 0.3) is 11.8 Å². The Hall–Kier alpha value is -3.87. The van der Waals surface area contributed by atoms with Crippen LogP contribution < -0.4 is 11.1 Å². The van der Waals surface area contributed by atoms with Crippen molar-refractivity contribution < 1.29 is 24.2 Å². The average Bonchev–Trinajstić information content (AvgIpc) is 2.67. The number of aromatic hydroxyl groups is 1. The number of nitrogens with one attached hydrogen (secondary N) is 1. The van der Waals surface area contributed by atoms with Gasteiger partial charge >= 0.3 is 5.97 Å². The van der Waals surface area contributed by atoms with Crippen molar-refractivity contribution >= 4 is 34.2 Å². The summed E-state index contributed by atoms with van der Waals surface area (Å²) in [5.74, 6) is -2.38. The first-order chi connectivity index (χ1) is 13.0. The number of esters is 1. The Morgan fingerprint density at radius 2 is 1.63 bits per heavy atom. The van der Waals surface area contributed by atoms with Crippen LogP contribution in [0.15, 0.2) is 60.7 Å². The van der Waals surface area contributed by atoms with Crippen LogP contribution in [0.3, 0.4) is 0 Å². The summed E-state index contributed by atoms with van der Waals surface area (Å²) in [4.78, 5) is 35.6. The number of carbonyl (C=O) groups is 3. The molecule has 0 heterocycles. The van der Waals surface area contributed by atoms with Crippen molar-refractivity contribution in [2.24, 2.45) is 5.73 Å². The molecule has 3 aromatic carbocycles. The van der Waals surface area contributed by atoms with E-state index in [1.165, 1.54) is 18.2 Å². The van der Waals surface area contributed by atoms with Gasteiger partial charge in [-0.15, -0.1) is 0 Å². The number of anilines is 1. The van der Waals surface area contributed by atoms with E-state index in [1.807, 2.05) is 6.07 Å². The third-order valence-corrected chi connectivity index (χ3v) is 3.92. The molecule has 0 saturated heterocycles. The summed E-state index contributed by atoms with van der Waals surface area (Å²) in [6.45, 7) is -0.585. The van der Waals surface area contributed by atoms with Gasteiger partial charge < -0.3 is 20.9 Å². The number of phenolic OH excluding ortho intramolecular Hbond substituents is 1. The number of phenols is 1. The van der Waals surface area contributed by atoms with E-state index in [2.05, 4.69) is 5.32 Å². The van der Waals surface area contributed by atoms with Gasteiger partial charge in [0.05, 0.1) is 11.3 Å². The first-order valence-corrected chi connectivity index (χ1v) is 8.04. The number of carbonyl (C=O) groups excluding carboxylic acids is 3. The zero-order valence-electron chi connectivity index (χ0n) is 14.1. The number of nitrogens with two attached hydrogens (primary N) is 1. The van der Waals surface area contributed by atoms with Crippen LogP contribution in [0.5, 0.6) is 5.75 Å². The first kappa shape index (κ1) is 17.9. The van der Waals surface area contributed by atoms with Crippen molar-refractivity contribution in [3.8, 4) is 5.75 Å². The second-order valence-electron chi connectivity index (χ2n) is 5.72. The van der Waals surface area contributed by atoms with Gasteiger partial charge in [-0.3, -0.25) is 9.59 Å². The van der Waals surface area contributed by atoms with E-state index >= 15 is 0 Å². The van der Waals surface area contributed by atoms with E-state index in [9.17, 15) is 19.5 Å². The topological polar surface area (TPSA) is 119 Å². The largest absolute Gasteiger partial charge is 0.506 e. The zero-order chi connectivity index (χ0) is 19.4. The Kier molecular flexibility index (Phi) is 5.03. The Balaban J connectivity index is 1.68. The lowest BCUT2D eigenvalue weighted by molar-refractivity contribution is -0.119. The zero-order valence-corrected chi connectivity index (χ0v) is 14.1. The van der Waals surface area contributed by atoms with E-state index in [1.54, 1.807) is 36.4 Å². The molecule has 3 rings (SSSR count). The summed E-state index contributed by atoms with van der Waals surface area (Å²) in [7, 11) is 0. The Morgan fingerprint density at radius 1 is 0.926 bits per heavy atom. The van der Waals surface area contributed by atoms with Crippen molar-refractivity contribution in [1.82, 2.24) is 0 Å². The molecule has 0 aliphatic carbocycles. The second-order valence-corrected chi connectivity index (χ2v) is 5.72. The second kappa shape index (κ2) is 7.57. The molecule has 27 heavy (non-hydrogen) atoms. The Bertz CT molecular complexity index is 1050. The summed E-state index contributed by atoms with van der Waals surface area (Å²) in [6.07, 6.45) is 0. The van der Waals surface area contributed by atoms with Gasteiger partial charge in [-0.25, -0.2) is 4.79 Å². The van der Waals surface area contributed by atoms with Crippen molar-refractivity contribution in [3.05, 3.63) is 71.8 Å². The van der Waals surface area contributed by atoms with Crippen LogP contribution in [-0.2, 0) is 9.53 Å². The summed E-state index contributed by atoms with van der Waals surface area (Å²) >= 11 is 0. The molecular formula is C20H16N2O5. The minimum absolute atomic E-state index is 0.0426. The van der Waals surface area contributed by atoms with Crippen LogP contribution in [0.25, 0.3) is 10.8 Å². The molecule has 0 spiro atoms. The lowest BCUT2D eigenvalue weighted by atomic mass is 10.1. The predicted octanol–water partition coefficient (Wildman–Crippen LogP) is 2.44. The predicted molar refractivity (Wildman–Crippen MR) is 99.5 cm³/mol. The molecule has 7 heteroatoms. The van der Waals surface area contributed by atoms with Crippen molar-refractivity contribution in [1.29, 1.82) is 0 Å². The summed E-state index contributed by atoms with van der Waals surface area (Å²) in [5.41, 5.74) is 5.57. The maximum Gasteiger partial charge on any atom is 0.342 e. The van der Waals surface area contributed by atoms with Gasteiger partial charge in [0, 0.05) is 5.39 Å². The number of hydrogen-bond donors (Lipinski definition) is 3. The van der Waals surface area contributed by atoms with Gasteiger partial charge in [0.15, 0.2) is 6.61 Å². The molecule has 4 N–H and O–H groups in total. The van der Waals surface area contributed by atoms with Crippen molar-refractivity contribution in [3.63, 3.8) is 0 Å². The average molecular weight is 364 g/mol. The molecule has 0 aliphatic rings. The van der Waals surface area contributed by atoms with Gasteiger partial charge in [-0.05, 0) is 23.6 Å². The fourth-order valence-electron chi connectivity index (χ4n) is 2.62. The molecule has 0 aromatic heterocycles. The maximum absolute atomic E-state index is 12.2. The lowest BCUT2D eigenvalue weighted by Crippen LogP contribution is -2.23. The number of ether oxygens (including phenoxy) is 1. The van der Waals surface area contributed by atoms with E-state index in [-0.39, 0.29) is 22.6 Å². The molecule has 0 unspecified atom stereocenters. The van der Waals surface area contributed by atoms with Crippen LogP contribution in [0.2, 0.25) is 0 Å². The Labute approximate surface area is 154 Å². The van der Waals surface area contributed by atoms with Gasteiger partial charge in [-0.1, -0.05) is 42.5 Å². The molecule has 2 amide bonds. The molecular weight excluding hydrogens is 348 g/mol. The quantitative estimate of drug-likeness (QED) is 0.601. The van der Waals surface area contributed by atoms with Gasteiger partial charge in [0.2, 0.25) is 0 Å². The summed E-state index contributed by atoms with van der Waals surface area (Å²) in [5, 5.41) is 14.0. The third kappa shape index (κ3) is 3.87. The molecule has 7 nitrogen and oxygen atoms in total. The summed E-state index contributed by atoms with van der Waals surface area (Å²) in [6, 6.07) is 16.3. The van der Waals surface area contributed by atoms with Crippen molar-refractivity contribution in [2.45, 2.75) is 0 Å². The highest BCUT2D eigenvalue weighted by Gasteiger charge is 2.17. The van der Waals surface area contributed by atoms with Gasteiger partial charge in [-0.2, -0.15) is 0 Å². The number of benzene rings is 3. The van der Waals surface area contributed by atoms with Gasteiger partial charge in [0.1, 0.15) is 11.3 Å². The monoisotopic (exact) mass is 364 g/mol. The molecule has 3 aromatic rings. The van der Waals surface area contributed by atoms with Crippen LogP contribution in [-0.4, -0.2) is 29.5 Å². The highest BCUT2D eigenvalue weighted by atomic mass is 16.5. The van der Waals surface area contributed by atoms with Crippen LogP contribution in [0.1, 0.15) is 20.7 Å². The van der Waals surface area contributed by atoms with E-state index < -0.39 is 24.4 Å². The number of fused-ring (bicyclic) bond motifs is 1. The normalized spacial score (nSPS) is 10.4. The molecule has 0 fully saturated rings. The van der Waals surface area contributed by atoms with Crippen LogP contribution in [0.4, 0.5) is 5.69 Å². The number of primary amides is 1.